The second-order valence-corrected chi connectivity index (χ2v) is 5.56. The largest absolute Gasteiger partial charge is 0.310 e. The minimum absolute atomic E-state index is 0.0497. The quantitative estimate of drug-likeness (QED) is 0.894. The third-order valence-corrected chi connectivity index (χ3v) is 3.66. The summed E-state index contributed by atoms with van der Waals surface area (Å²) < 4.78 is 0. The first-order chi connectivity index (χ1) is 9.04. The van der Waals surface area contributed by atoms with Gasteiger partial charge in [-0.05, 0) is 44.7 Å². The van der Waals surface area contributed by atoms with Crippen LogP contribution in [0.15, 0.2) is 23.0 Å². The van der Waals surface area contributed by atoms with Crippen molar-refractivity contribution in [1.82, 2.24) is 9.97 Å². The Labute approximate surface area is 112 Å². The fourth-order valence-corrected chi connectivity index (χ4v) is 2.74. The number of aromatic amines is 1. The van der Waals surface area contributed by atoms with Crippen LogP contribution in [-0.4, -0.2) is 9.97 Å². The molecule has 2 aromatic rings. The Kier molecular flexibility index (Phi) is 2.77. The average molecular weight is 254 g/mol. The molecule has 1 aliphatic rings. The van der Waals surface area contributed by atoms with E-state index >= 15 is 0 Å². The van der Waals surface area contributed by atoms with Gasteiger partial charge in [0.05, 0.1) is 5.69 Å². The van der Waals surface area contributed by atoms with E-state index in [2.05, 4.69) is 42.9 Å². The van der Waals surface area contributed by atoms with Crippen LogP contribution in [0.4, 0.5) is 0 Å². The second kappa shape index (κ2) is 4.34. The van der Waals surface area contributed by atoms with Crippen LogP contribution in [0, 0.1) is 20.8 Å². The highest BCUT2D eigenvalue weighted by atomic mass is 16.1. The molecule has 3 heteroatoms. The van der Waals surface area contributed by atoms with Gasteiger partial charge in [0.15, 0.2) is 0 Å². The summed E-state index contributed by atoms with van der Waals surface area (Å²) in [6.45, 7) is 6.24. The molecule has 1 aliphatic carbocycles. The van der Waals surface area contributed by atoms with Crippen molar-refractivity contribution in [3.05, 3.63) is 51.1 Å². The number of nitrogens with one attached hydrogen (secondary N) is 1. The predicted molar refractivity (Wildman–Crippen MR) is 76.5 cm³/mol. The van der Waals surface area contributed by atoms with Gasteiger partial charge < -0.3 is 4.98 Å². The lowest BCUT2D eigenvalue weighted by Crippen LogP contribution is -2.11. The summed E-state index contributed by atoms with van der Waals surface area (Å²) in [4.78, 5) is 19.3. The van der Waals surface area contributed by atoms with Crippen molar-refractivity contribution in [2.75, 3.05) is 0 Å². The number of nitrogens with zero attached hydrogens (tertiary/aromatic N) is 1. The zero-order valence-electron chi connectivity index (χ0n) is 11.6. The van der Waals surface area contributed by atoms with Gasteiger partial charge in [-0.1, -0.05) is 17.7 Å². The standard InChI is InChI=1S/C16H18N2O/c1-9-6-10(2)15(11(3)7-9)13-8-14(19)18-16(17-13)12-4-5-12/h6-8,12H,4-5H2,1-3H3,(H,17,18,19). The number of benzene rings is 1. The zero-order valence-corrected chi connectivity index (χ0v) is 11.6. The fourth-order valence-electron chi connectivity index (χ4n) is 2.74. The summed E-state index contributed by atoms with van der Waals surface area (Å²) in [5, 5.41) is 0. The first-order valence-electron chi connectivity index (χ1n) is 6.74. The molecule has 0 bridgehead atoms. The highest BCUT2D eigenvalue weighted by molar-refractivity contribution is 5.68. The lowest BCUT2D eigenvalue weighted by molar-refractivity contribution is 0.911. The van der Waals surface area contributed by atoms with Crippen LogP contribution in [0.2, 0.25) is 0 Å². The number of aryl methyl sites for hydroxylation is 3. The van der Waals surface area contributed by atoms with E-state index in [4.69, 9.17) is 0 Å². The monoisotopic (exact) mass is 254 g/mol. The molecule has 0 unspecified atom stereocenters. The minimum Gasteiger partial charge on any atom is -0.310 e. The van der Waals surface area contributed by atoms with E-state index in [0.717, 1.165) is 29.9 Å². The maximum Gasteiger partial charge on any atom is 0.251 e. The van der Waals surface area contributed by atoms with Gasteiger partial charge in [-0.3, -0.25) is 4.79 Å². The second-order valence-electron chi connectivity index (χ2n) is 5.56. The van der Waals surface area contributed by atoms with E-state index in [0.29, 0.717) is 5.92 Å². The first-order valence-corrected chi connectivity index (χ1v) is 6.74. The molecular formula is C16H18N2O. The summed E-state index contributed by atoms with van der Waals surface area (Å²) >= 11 is 0. The molecule has 1 aromatic carbocycles. The number of hydrogen-bond donors (Lipinski definition) is 1. The molecule has 1 heterocycles. The normalized spacial score (nSPS) is 14.7. The van der Waals surface area contributed by atoms with Crippen LogP contribution in [0.5, 0.6) is 0 Å². The van der Waals surface area contributed by atoms with Gasteiger partial charge in [0.1, 0.15) is 5.82 Å². The molecule has 1 fully saturated rings. The molecule has 0 aliphatic heterocycles. The molecular weight excluding hydrogens is 236 g/mol. The Morgan fingerprint density at radius 2 is 1.74 bits per heavy atom. The molecule has 0 atom stereocenters. The predicted octanol–water partition coefficient (Wildman–Crippen LogP) is 3.24. The van der Waals surface area contributed by atoms with Gasteiger partial charge in [-0.2, -0.15) is 0 Å². The van der Waals surface area contributed by atoms with E-state index in [-0.39, 0.29) is 5.56 Å². The summed E-state index contributed by atoms with van der Waals surface area (Å²) in [5.74, 6) is 1.31. The minimum atomic E-state index is -0.0497. The number of hydrogen-bond acceptors (Lipinski definition) is 2. The van der Waals surface area contributed by atoms with Gasteiger partial charge in [0.25, 0.3) is 5.56 Å². The first kappa shape index (κ1) is 12.2. The van der Waals surface area contributed by atoms with Gasteiger partial charge >= 0.3 is 0 Å². The molecule has 98 valence electrons. The van der Waals surface area contributed by atoms with Crippen LogP contribution >= 0.6 is 0 Å². The summed E-state index contributed by atoms with van der Waals surface area (Å²) in [7, 11) is 0. The Bertz CT molecular complexity index is 673. The van der Waals surface area contributed by atoms with Gasteiger partial charge in [-0.25, -0.2) is 4.98 Å². The highest BCUT2D eigenvalue weighted by Crippen LogP contribution is 2.38. The lowest BCUT2D eigenvalue weighted by atomic mass is 9.97. The number of rotatable bonds is 2. The molecule has 3 rings (SSSR count). The van der Waals surface area contributed by atoms with Crippen LogP contribution < -0.4 is 5.56 Å². The fraction of sp³-hybridized carbons (Fsp3) is 0.375. The molecule has 1 saturated carbocycles. The SMILES string of the molecule is Cc1cc(C)c(-c2cc(=O)[nH]c(C3CC3)n2)c(C)c1. The van der Waals surface area contributed by atoms with E-state index in [9.17, 15) is 4.79 Å². The maximum atomic E-state index is 11.8. The molecule has 3 nitrogen and oxygen atoms in total. The topological polar surface area (TPSA) is 45.8 Å². The lowest BCUT2D eigenvalue weighted by Gasteiger charge is -2.11. The van der Waals surface area contributed by atoms with Crippen molar-refractivity contribution >= 4 is 0 Å². The Morgan fingerprint density at radius 3 is 2.32 bits per heavy atom. The van der Waals surface area contributed by atoms with Crippen LogP contribution in [0.25, 0.3) is 11.3 Å². The highest BCUT2D eigenvalue weighted by Gasteiger charge is 2.26. The molecule has 0 amide bonds. The third-order valence-electron chi connectivity index (χ3n) is 3.66. The zero-order chi connectivity index (χ0) is 13.6. The molecule has 1 aromatic heterocycles. The molecule has 1 N–H and O–H groups in total. The third kappa shape index (κ3) is 2.33. The van der Waals surface area contributed by atoms with Crippen molar-refractivity contribution in [3.63, 3.8) is 0 Å². The van der Waals surface area contributed by atoms with E-state index in [1.54, 1.807) is 6.07 Å². The Balaban J connectivity index is 2.19. The molecule has 0 radical (unpaired) electrons. The van der Waals surface area contributed by atoms with Crippen LogP contribution in [-0.2, 0) is 0 Å². The van der Waals surface area contributed by atoms with Gasteiger partial charge in [0, 0.05) is 17.5 Å². The van der Waals surface area contributed by atoms with Crippen molar-refractivity contribution in [2.24, 2.45) is 0 Å². The van der Waals surface area contributed by atoms with Crippen LogP contribution in [0.1, 0.15) is 41.3 Å². The summed E-state index contributed by atoms with van der Waals surface area (Å²) in [5.41, 5.74) is 5.45. The average Bonchev–Trinajstić information content (AvgIpc) is 3.10. The smallest absolute Gasteiger partial charge is 0.251 e. The van der Waals surface area contributed by atoms with Crippen molar-refractivity contribution in [1.29, 1.82) is 0 Å². The van der Waals surface area contributed by atoms with Crippen molar-refractivity contribution < 1.29 is 0 Å². The molecule has 19 heavy (non-hydrogen) atoms. The van der Waals surface area contributed by atoms with Gasteiger partial charge in [-0.15, -0.1) is 0 Å². The van der Waals surface area contributed by atoms with E-state index in [1.807, 2.05) is 0 Å². The maximum absolute atomic E-state index is 11.8. The van der Waals surface area contributed by atoms with E-state index < -0.39 is 0 Å². The van der Waals surface area contributed by atoms with E-state index in [1.165, 1.54) is 16.7 Å². The number of H-pyrrole nitrogens is 1. The summed E-state index contributed by atoms with van der Waals surface area (Å²) in [6.07, 6.45) is 2.27. The van der Waals surface area contributed by atoms with Gasteiger partial charge in [0.2, 0.25) is 0 Å². The van der Waals surface area contributed by atoms with Crippen molar-refractivity contribution in [2.45, 2.75) is 39.5 Å². The Morgan fingerprint density at radius 1 is 1.11 bits per heavy atom. The molecule has 0 saturated heterocycles. The van der Waals surface area contributed by atoms with Crippen LogP contribution in [0.3, 0.4) is 0 Å². The molecule has 0 spiro atoms. The summed E-state index contributed by atoms with van der Waals surface area (Å²) in [6, 6.07) is 5.89. The Hall–Kier alpha value is -1.90. The number of aromatic nitrogens is 2. The van der Waals surface area contributed by atoms with Crippen molar-refractivity contribution in [3.8, 4) is 11.3 Å².